The van der Waals surface area contributed by atoms with E-state index in [1.807, 2.05) is 0 Å². The number of hydrogen-bond donors (Lipinski definition) is 3. The third-order valence-corrected chi connectivity index (χ3v) is 3.52. The van der Waals surface area contributed by atoms with Gasteiger partial charge >= 0.3 is 5.97 Å². The Labute approximate surface area is 128 Å². The van der Waals surface area contributed by atoms with Crippen LogP contribution in [0, 0.1) is 0 Å². The molecule has 0 fully saturated rings. The van der Waals surface area contributed by atoms with E-state index < -0.39 is 18.0 Å². The molecule has 124 valence electrons. The first kappa shape index (κ1) is 19.9. The third-order valence-electron chi connectivity index (χ3n) is 3.52. The molecule has 5 nitrogen and oxygen atoms in total. The number of aliphatic hydroxyl groups is 1. The van der Waals surface area contributed by atoms with Crippen LogP contribution in [-0.2, 0) is 9.59 Å². The molecule has 1 amide bonds. The summed E-state index contributed by atoms with van der Waals surface area (Å²) in [5.74, 6) is -1.76. The zero-order chi connectivity index (χ0) is 15.9. The van der Waals surface area contributed by atoms with Crippen LogP contribution in [-0.4, -0.2) is 34.7 Å². The number of unbranched alkanes of at least 4 members (excludes halogenated alkanes) is 9. The van der Waals surface area contributed by atoms with Gasteiger partial charge in [-0.2, -0.15) is 0 Å². The fourth-order valence-corrected chi connectivity index (χ4v) is 2.18. The molecule has 0 heterocycles. The Hall–Kier alpha value is -1.10. The number of nitrogens with one attached hydrogen (secondary N) is 1. The van der Waals surface area contributed by atoms with Gasteiger partial charge < -0.3 is 15.5 Å². The first-order chi connectivity index (χ1) is 10.1. The predicted molar refractivity (Wildman–Crippen MR) is 83.1 cm³/mol. The molecule has 0 spiro atoms. The molecule has 1 unspecified atom stereocenters. The molecule has 0 bridgehead atoms. The van der Waals surface area contributed by atoms with Gasteiger partial charge in [-0.3, -0.25) is 4.79 Å². The minimum absolute atomic E-state index is 0.368. The number of amides is 1. The Kier molecular flexibility index (Phi) is 13.1. The van der Waals surface area contributed by atoms with Crippen molar-refractivity contribution in [3.63, 3.8) is 0 Å². The Morgan fingerprint density at radius 2 is 1.38 bits per heavy atom. The highest BCUT2D eigenvalue weighted by Gasteiger charge is 2.16. The third kappa shape index (κ3) is 13.6. The largest absolute Gasteiger partial charge is 0.479 e. The van der Waals surface area contributed by atoms with E-state index in [2.05, 4.69) is 12.2 Å². The molecular weight excluding hydrogens is 270 g/mol. The van der Waals surface area contributed by atoms with Gasteiger partial charge in [0.05, 0.1) is 6.42 Å². The molecule has 0 rings (SSSR count). The number of aliphatic hydroxyl groups excluding tert-OH is 1. The van der Waals surface area contributed by atoms with Crippen LogP contribution in [0.4, 0.5) is 0 Å². The van der Waals surface area contributed by atoms with Crippen molar-refractivity contribution in [2.75, 3.05) is 6.54 Å². The lowest BCUT2D eigenvalue weighted by atomic mass is 10.1. The van der Waals surface area contributed by atoms with E-state index >= 15 is 0 Å². The highest BCUT2D eigenvalue weighted by Crippen LogP contribution is 2.10. The second-order valence-electron chi connectivity index (χ2n) is 5.59. The van der Waals surface area contributed by atoms with E-state index in [4.69, 9.17) is 10.2 Å². The van der Waals surface area contributed by atoms with Gasteiger partial charge in [0.15, 0.2) is 6.10 Å². The van der Waals surface area contributed by atoms with Crippen LogP contribution in [0.3, 0.4) is 0 Å². The van der Waals surface area contributed by atoms with Gasteiger partial charge in [-0.05, 0) is 6.42 Å². The van der Waals surface area contributed by atoms with Crippen molar-refractivity contribution >= 4 is 11.9 Å². The maximum Gasteiger partial charge on any atom is 0.333 e. The minimum atomic E-state index is -1.60. The number of aliphatic carboxylic acids is 1. The molecule has 0 saturated carbocycles. The van der Waals surface area contributed by atoms with E-state index in [1.165, 1.54) is 51.4 Å². The van der Waals surface area contributed by atoms with E-state index in [9.17, 15) is 9.59 Å². The van der Waals surface area contributed by atoms with Crippen molar-refractivity contribution in [2.45, 2.75) is 83.7 Å². The molecular formula is C16H31NO4. The molecule has 0 aromatic rings. The number of rotatable bonds is 14. The predicted octanol–water partition coefficient (Wildman–Crippen LogP) is 2.86. The van der Waals surface area contributed by atoms with Crippen molar-refractivity contribution in [1.82, 2.24) is 5.32 Å². The van der Waals surface area contributed by atoms with Crippen LogP contribution in [0.1, 0.15) is 77.6 Å². The summed E-state index contributed by atoms with van der Waals surface area (Å²) in [5.41, 5.74) is 0. The first-order valence-electron chi connectivity index (χ1n) is 8.25. The first-order valence-corrected chi connectivity index (χ1v) is 8.25. The Bertz CT molecular complexity index is 281. The molecule has 5 heteroatoms. The normalized spacial score (nSPS) is 12.1. The molecule has 21 heavy (non-hydrogen) atoms. The number of hydrogen-bond acceptors (Lipinski definition) is 3. The van der Waals surface area contributed by atoms with E-state index in [0.717, 1.165) is 12.8 Å². The molecule has 0 aliphatic heterocycles. The summed E-state index contributed by atoms with van der Waals surface area (Å²) >= 11 is 0. The lowest BCUT2D eigenvalue weighted by Gasteiger charge is -2.07. The summed E-state index contributed by atoms with van der Waals surface area (Å²) < 4.78 is 0. The molecule has 0 saturated heterocycles. The number of carbonyl (C=O) groups is 2. The van der Waals surface area contributed by atoms with Crippen molar-refractivity contribution < 1.29 is 19.8 Å². The summed E-state index contributed by atoms with van der Waals surface area (Å²) in [6.45, 7) is 2.78. The second-order valence-corrected chi connectivity index (χ2v) is 5.59. The van der Waals surface area contributed by atoms with Crippen LogP contribution in [0.5, 0.6) is 0 Å². The Balaban J connectivity index is 3.25. The van der Waals surface area contributed by atoms with Gasteiger partial charge in [-0.25, -0.2) is 4.79 Å². The number of carboxylic acids is 1. The Morgan fingerprint density at radius 3 is 1.86 bits per heavy atom. The average molecular weight is 301 g/mol. The van der Waals surface area contributed by atoms with Gasteiger partial charge in [-0.1, -0.05) is 64.7 Å². The van der Waals surface area contributed by atoms with E-state index in [-0.39, 0.29) is 6.42 Å². The van der Waals surface area contributed by atoms with E-state index in [0.29, 0.717) is 6.54 Å². The lowest BCUT2D eigenvalue weighted by molar-refractivity contribution is -0.149. The van der Waals surface area contributed by atoms with Crippen molar-refractivity contribution in [3.8, 4) is 0 Å². The van der Waals surface area contributed by atoms with Crippen LogP contribution in [0.25, 0.3) is 0 Å². The van der Waals surface area contributed by atoms with Gasteiger partial charge in [0.1, 0.15) is 0 Å². The summed E-state index contributed by atoms with van der Waals surface area (Å²) in [6.07, 6.45) is 10.4. The maximum atomic E-state index is 11.3. The number of carbonyl (C=O) groups excluding carboxylic acids is 1. The smallest absolute Gasteiger partial charge is 0.333 e. The SMILES string of the molecule is CCCCCCCCCCCCNC(=O)CC(O)C(=O)O. The van der Waals surface area contributed by atoms with Crippen LogP contribution in [0.15, 0.2) is 0 Å². The molecule has 0 aliphatic rings. The summed E-state index contributed by atoms with van der Waals surface area (Å²) in [7, 11) is 0. The summed E-state index contributed by atoms with van der Waals surface area (Å²) in [5, 5.41) is 20.1. The maximum absolute atomic E-state index is 11.3. The van der Waals surface area contributed by atoms with Crippen LogP contribution >= 0.6 is 0 Å². The Morgan fingerprint density at radius 1 is 0.905 bits per heavy atom. The molecule has 0 aromatic heterocycles. The second kappa shape index (κ2) is 13.9. The number of carboxylic acid groups (broad SMARTS) is 1. The molecule has 0 aliphatic carbocycles. The van der Waals surface area contributed by atoms with Gasteiger partial charge in [0.2, 0.25) is 5.91 Å². The van der Waals surface area contributed by atoms with E-state index in [1.54, 1.807) is 0 Å². The van der Waals surface area contributed by atoms with Gasteiger partial charge in [-0.15, -0.1) is 0 Å². The quantitative estimate of drug-likeness (QED) is 0.431. The monoisotopic (exact) mass is 301 g/mol. The fraction of sp³-hybridized carbons (Fsp3) is 0.875. The standard InChI is InChI=1S/C16H31NO4/c1-2-3-4-5-6-7-8-9-10-11-12-17-15(19)13-14(18)16(20)21/h14,18H,2-13H2,1H3,(H,17,19)(H,20,21). The van der Waals surface area contributed by atoms with Crippen molar-refractivity contribution in [3.05, 3.63) is 0 Å². The lowest BCUT2D eigenvalue weighted by Crippen LogP contribution is -2.31. The molecule has 3 N–H and O–H groups in total. The van der Waals surface area contributed by atoms with Crippen molar-refractivity contribution in [1.29, 1.82) is 0 Å². The minimum Gasteiger partial charge on any atom is -0.479 e. The fourth-order valence-electron chi connectivity index (χ4n) is 2.18. The molecule has 0 radical (unpaired) electrons. The van der Waals surface area contributed by atoms with Crippen molar-refractivity contribution in [2.24, 2.45) is 0 Å². The highest BCUT2D eigenvalue weighted by atomic mass is 16.4. The average Bonchev–Trinajstić information content (AvgIpc) is 2.44. The topological polar surface area (TPSA) is 86.6 Å². The zero-order valence-electron chi connectivity index (χ0n) is 13.3. The van der Waals surface area contributed by atoms with Crippen LogP contribution in [0.2, 0.25) is 0 Å². The highest BCUT2D eigenvalue weighted by molar-refractivity contribution is 5.83. The van der Waals surface area contributed by atoms with Gasteiger partial charge in [0, 0.05) is 6.54 Å². The summed E-state index contributed by atoms with van der Waals surface area (Å²) in [4.78, 5) is 21.6. The van der Waals surface area contributed by atoms with Gasteiger partial charge in [0.25, 0.3) is 0 Å². The zero-order valence-corrected chi connectivity index (χ0v) is 13.3. The summed E-state index contributed by atoms with van der Waals surface area (Å²) in [6, 6.07) is 0. The van der Waals surface area contributed by atoms with Crippen LogP contribution < -0.4 is 5.32 Å². The molecule has 1 atom stereocenters. The molecule has 0 aromatic carbocycles.